The number of tetrazole rings is 1. The van der Waals surface area contributed by atoms with Crippen molar-refractivity contribution in [2.45, 2.75) is 17.8 Å². The predicted octanol–water partition coefficient (Wildman–Crippen LogP) is 0.960. The fourth-order valence-electron chi connectivity index (χ4n) is 3.53. The first-order valence-electron chi connectivity index (χ1n) is 9.75. The lowest BCUT2D eigenvalue weighted by molar-refractivity contribution is 0.630. The second kappa shape index (κ2) is 7.92. The summed E-state index contributed by atoms with van der Waals surface area (Å²) in [4.78, 5) is 30.0. The lowest BCUT2D eigenvalue weighted by Gasteiger charge is -2.07. The molecule has 0 fully saturated rings. The average Bonchev–Trinajstić information content (AvgIpc) is 3.50. The number of fused-ring (bicyclic) bond motifs is 1. The van der Waals surface area contributed by atoms with E-state index in [1.54, 1.807) is 16.4 Å². The monoisotopic (exact) mass is 460 g/mol. The molecule has 13 heteroatoms. The molecule has 0 bridgehead atoms. The Labute approximate surface area is 189 Å². The maximum absolute atomic E-state index is 13.3. The molecule has 0 aliphatic heterocycles. The van der Waals surface area contributed by atoms with E-state index in [1.165, 1.54) is 33.2 Å². The van der Waals surface area contributed by atoms with Crippen LogP contribution in [0.1, 0.15) is 17.0 Å². The highest BCUT2D eigenvalue weighted by atomic mass is 32.2. The van der Waals surface area contributed by atoms with Gasteiger partial charge in [-0.3, -0.25) is 19.4 Å². The zero-order chi connectivity index (χ0) is 23.1. The minimum absolute atomic E-state index is 0.254. The molecule has 0 atom stereocenters. The van der Waals surface area contributed by atoms with Crippen LogP contribution in [0.5, 0.6) is 0 Å². The summed E-state index contributed by atoms with van der Waals surface area (Å²) < 4.78 is 5.89. The quantitative estimate of drug-likeness (QED) is 0.382. The number of aromatic nitrogens is 9. The van der Waals surface area contributed by atoms with Crippen LogP contribution in [0, 0.1) is 18.3 Å². The second-order valence-electron chi connectivity index (χ2n) is 7.12. The normalized spacial score (nSPS) is 11.2. The summed E-state index contributed by atoms with van der Waals surface area (Å²) in [6.45, 7) is 1.82. The van der Waals surface area contributed by atoms with Crippen LogP contribution in [0.25, 0.3) is 17.0 Å². The SMILES string of the molecule is Cc1c(-n2nnnc2SCc2cc(=O)n3[nH]cc(C#N)c3n2)c(=O)n(-c2ccccc2)n1C. The largest absolute Gasteiger partial charge is 0.297 e. The lowest BCUT2D eigenvalue weighted by Crippen LogP contribution is -2.22. The summed E-state index contributed by atoms with van der Waals surface area (Å²) >= 11 is 1.23. The minimum Gasteiger partial charge on any atom is -0.295 e. The van der Waals surface area contributed by atoms with E-state index >= 15 is 0 Å². The zero-order valence-electron chi connectivity index (χ0n) is 17.5. The average molecular weight is 460 g/mol. The van der Waals surface area contributed by atoms with Crippen LogP contribution >= 0.6 is 11.8 Å². The fourth-order valence-corrected chi connectivity index (χ4v) is 4.30. The molecule has 5 rings (SSSR count). The van der Waals surface area contributed by atoms with Crippen molar-refractivity contribution in [2.24, 2.45) is 7.05 Å². The summed E-state index contributed by atoms with van der Waals surface area (Å²) in [5.41, 5.74) is 2.12. The number of rotatable bonds is 5. The van der Waals surface area contributed by atoms with Gasteiger partial charge in [-0.1, -0.05) is 30.0 Å². The van der Waals surface area contributed by atoms with Crippen LogP contribution in [0.3, 0.4) is 0 Å². The Bertz CT molecular complexity index is 1650. The van der Waals surface area contributed by atoms with Gasteiger partial charge in [0.15, 0.2) is 11.3 Å². The van der Waals surface area contributed by atoms with Crippen molar-refractivity contribution in [2.75, 3.05) is 0 Å². The first-order valence-corrected chi connectivity index (χ1v) is 10.7. The minimum atomic E-state index is -0.332. The molecule has 0 unspecified atom stereocenters. The van der Waals surface area contributed by atoms with Gasteiger partial charge in [-0.25, -0.2) is 14.2 Å². The first-order chi connectivity index (χ1) is 16.0. The molecule has 0 radical (unpaired) electrons. The van der Waals surface area contributed by atoms with Crippen LogP contribution < -0.4 is 11.1 Å². The Morgan fingerprint density at radius 1 is 1.21 bits per heavy atom. The van der Waals surface area contributed by atoms with Crippen molar-refractivity contribution in [1.82, 2.24) is 44.2 Å². The summed E-state index contributed by atoms with van der Waals surface area (Å²) in [6, 6.07) is 12.7. The zero-order valence-corrected chi connectivity index (χ0v) is 18.3. The molecule has 0 saturated carbocycles. The molecule has 1 aromatic carbocycles. The van der Waals surface area contributed by atoms with Gasteiger partial charge in [0.25, 0.3) is 11.1 Å². The third kappa shape index (κ3) is 3.33. The summed E-state index contributed by atoms with van der Waals surface area (Å²) in [5.74, 6) is 0.265. The highest BCUT2D eigenvalue weighted by Gasteiger charge is 2.22. The fraction of sp³-hybridized carbons (Fsp3) is 0.150. The molecule has 0 spiro atoms. The molecule has 0 aliphatic carbocycles. The number of nitrogens with zero attached hydrogens (tertiary/aromatic N) is 9. The first kappa shape index (κ1) is 20.5. The van der Waals surface area contributed by atoms with E-state index in [4.69, 9.17) is 0 Å². The van der Waals surface area contributed by atoms with Gasteiger partial charge in [-0.15, -0.1) is 5.10 Å². The molecule has 1 N–H and O–H groups in total. The third-order valence-electron chi connectivity index (χ3n) is 5.20. The van der Waals surface area contributed by atoms with E-state index in [0.29, 0.717) is 22.2 Å². The summed E-state index contributed by atoms with van der Waals surface area (Å²) in [5, 5.41) is 24.1. The van der Waals surface area contributed by atoms with Gasteiger partial charge in [-0.05, 0) is 29.5 Å². The van der Waals surface area contributed by atoms with E-state index in [-0.39, 0.29) is 28.1 Å². The number of H-pyrrole nitrogens is 1. The standard InChI is InChI=1S/C20H16N10O2S/c1-12-17(19(32)30(27(12)2)15-6-4-3-5-7-15)29-20(24-25-26-29)33-11-14-8-16(31)28-18(23-14)13(9-21)10-22-28/h3-8,10,22H,11H2,1-2H3. The van der Waals surface area contributed by atoms with E-state index in [0.717, 1.165) is 5.69 Å². The maximum Gasteiger partial charge on any atom is 0.297 e. The van der Waals surface area contributed by atoms with Crippen molar-refractivity contribution in [3.8, 4) is 17.4 Å². The molecule has 5 aromatic rings. The van der Waals surface area contributed by atoms with Crippen LogP contribution in [0.2, 0.25) is 0 Å². The number of nitriles is 1. The van der Waals surface area contributed by atoms with E-state index in [2.05, 4.69) is 25.6 Å². The Morgan fingerprint density at radius 2 is 2.00 bits per heavy atom. The number of hydrogen-bond acceptors (Lipinski definition) is 8. The molecule has 4 heterocycles. The van der Waals surface area contributed by atoms with Gasteiger partial charge in [0.05, 0.1) is 17.1 Å². The molecule has 33 heavy (non-hydrogen) atoms. The van der Waals surface area contributed by atoms with Crippen LogP contribution in [0.4, 0.5) is 0 Å². The van der Waals surface area contributed by atoms with Gasteiger partial charge >= 0.3 is 0 Å². The third-order valence-corrected chi connectivity index (χ3v) is 6.15. The molecule has 0 aliphatic rings. The maximum atomic E-state index is 13.3. The van der Waals surface area contributed by atoms with Gasteiger partial charge in [0.2, 0.25) is 5.16 Å². The molecule has 164 valence electrons. The highest BCUT2D eigenvalue weighted by Crippen LogP contribution is 2.22. The summed E-state index contributed by atoms with van der Waals surface area (Å²) in [7, 11) is 1.79. The Morgan fingerprint density at radius 3 is 2.76 bits per heavy atom. The number of thioether (sulfide) groups is 1. The van der Waals surface area contributed by atoms with Crippen molar-refractivity contribution < 1.29 is 0 Å². The topological polar surface area (TPSA) is 144 Å². The van der Waals surface area contributed by atoms with E-state index in [9.17, 15) is 14.9 Å². The number of nitrogens with one attached hydrogen (secondary N) is 1. The van der Waals surface area contributed by atoms with E-state index in [1.807, 2.05) is 43.3 Å². The number of benzene rings is 1. The number of hydrogen-bond donors (Lipinski definition) is 1. The second-order valence-corrected chi connectivity index (χ2v) is 8.06. The number of aromatic amines is 1. The van der Waals surface area contributed by atoms with Gasteiger partial charge in [-0.2, -0.15) is 9.94 Å². The Kier molecular flexibility index (Phi) is 4.91. The van der Waals surface area contributed by atoms with Gasteiger partial charge < -0.3 is 0 Å². The predicted molar refractivity (Wildman–Crippen MR) is 119 cm³/mol. The molecular weight excluding hydrogens is 444 g/mol. The molecule has 12 nitrogen and oxygen atoms in total. The molecule has 0 amide bonds. The van der Waals surface area contributed by atoms with Crippen molar-refractivity contribution in [3.05, 3.63) is 80.3 Å². The van der Waals surface area contributed by atoms with E-state index < -0.39 is 0 Å². The van der Waals surface area contributed by atoms with Crippen LogP contribution in [-0.2, 0) is 12.8 Å². The molecular formula is C20H16N10O2S. The smallest absolute Gasteiger partial charge is 0.295 e. The highest BCUT2D eigenvalue weighted by molar-refractivity contribution is 7.98. The molecule has 0 saturated heterocycles. The van der Waals surface area contributed by atoms with Crippen molar-refractivity contribution in [1.29, 1.82) is 5.26 Å². The van der Waals surface area contributed by atoms with Crippen molar-refractivity contribution >= 4 is 17.4 Å². The van der Waals surface area contributed by atoms with Crippen LogP contribution in [-0.4, -0.2) is 44.2 Å². The Balaban J connectivity index is 1.51. The van der Waals surface area contributed by atoms with Gasteiger partial charge in [0.1, 0.15) is 11.6 Å². The molecule has 4 aromatic heterocycles. The van der Waals surface area contributed by atoms with Crippen LogP contribution in [0.15, 0.2) is 57.3 Å². The summed E-state index contributed by atoms with van der Waals surface area (Å²) in [6.07, 6.45) is 1.43. The Hall–Kier alpha value is -4.44. The van der Waals surface area contributed by atoms with Gasteiger partial charge in [0, 0.05) is 25.1 Å². The van der Waals surface area contributed by atoms with Crippen molar-refractivity contribution in [3.63, 3.8) is 0 Å². The lowest BCUT2D eigenvalue weighted by atomic mass is 10.3. The number of para-hydroxylation sites is 1.